The van der Waals surface area contributed by atoms with Gasteiger partial charge in [-0.25, -0.2) is 4.79 Å². The van der Waals surface area contributed by atoms with Gasteiger partial charge in [0.15, 0.2) is 0 Å². The van der Waals surface area contributed by atoms with Crippen LogP contribution in [0.15, 0.2) is 138 Å². The number of halogens is 2. The lowest BCUT2D eigenvalue weighted by Crippen LogP contribution is -2.30. The van der Waals surface area contributed by atoms with E-state index in [1.165, 1.54) is 17.8 Å². The average molecular weight is 753 g/mol. The molecule has 0 aliphatic carbocycles. The van der Waals surface area contributed by atoms with E-state index >= 15 is 0 Å². The Morgan fingerprint density at radius 3 is 2.15 bits per heavy atom. The molecule has 5 aromatic rings. The number of carbonyl (C=O) groups excluding carboxylic acids is 4. The number of esters is 1. The number of rotatable bonds is 14. The number of anilines is 2. The van der Waals surface area contributed by atoms with Gasteiger partial charge in [0.25, 0.3) is 11.8 Å². The highest BCUT2D eigenvalue weighted by Gasteiger charge is 2.23. The van der Waals surface area contributed by atoms with E-state index in [1.807, 2.05) is 43.3 Å². The first-order valence-corrected chi connectivity index (χ1v) is 18.1. The molecule has 0 radical (unpaired) electrons. The minimum atomic E-state index is -0.668. The molecule has 0 heterocycles. The van der Waals surface area contributed by atoms with Gasteiger partial charge in [-0.3, -0.25) is 14.4 Å². The van der Waals surface area contributed by atoms with Crippen molar-refractivity contribution < 1.29 is 23.9 Å². The summed E-state index contributed by atoms with van der Waals surface area (Å²) in [6, 6.07) is 36.3. The number of nitrogens with one attached hydrogen (secondary N) is 3. The summed E-state index contributed by atoms with van der Waals surface area (Å²) in [7, 11) is 0. The highest BCUT2D eigenvalue weighted by Crippen LogP contribution is 2.37. The third kappa shape index (κ3) is 10.8. The quantitative estimate of drug-likeness (QED) is 0.0451. The number of benzene rings is 5. The van der Waals surface area contributed by atoms with Crippen LogP contribution < -0.4 is 16.0 Å². The number of thioether (sulfide) groups is 1. The summed E-state index contributed by atoms with van der Waals surface area (Å²) in [5.74, 6) is -1.76. The maximum Gasteiger partial charge on any atom is 0.338 e. The molecule has 0 aromatic heterocycles. The third-order valence-electron chi connectivity index (χ3n) is 7.60. The van der Waals surface area contributed by atoms with Gasteiger partial charge in [-0.15, -0.1) is 11.8 Å². The lowest BCUT2D eigenvalue weighted by molar-refractivity contribution is -0.116. The number of ether oxygens (including phenoxy) is 1. The Morgan fingerprint density at radius 2 is 1.46 bits per heavy atom. The van der Waals surface area contributed by atoms with Crippen molar-refractivity contribution in [1.29, 1.82) is 0 Å². The Kier molecular flexibility index (Phi) is 13.7. The van der Waals surface area contributed by atoms with Crippen LogP contribution >= 0.6 is 35.0 Å². The maximum absolute atomic E-state index is 13.7. The van der Waals surface area contributed by atoms with Crippen molar-refractivity contribution in [1.82, 2.24) is 5.32 Å². The molecule has 8 nitrogen and oxygen atoms in total. The van der Waals surface area contributed by atoms with Crippen LogP contribution in [0.4, 0.5) is 11.4 Å². The summed E-state index contributed by atoms with van der Waals surface area (Å²) in [6.45, 7) is 2.38. The zero-order chi connectivity index (χ0) is 36.9. The SMILES string of the molecule is CCCCOC(=O)c1ccc(NC(=O)C(Sc2cccc(NC(=O)/C(=C\c3ccc(Cl)cc3Cl)NC(=O)c3ccccc3)c2)c2ccccc2)cc1. The van der Waals surface area contributed by atoms with E-state index in [4.69, 9.17) is 27.9 Å². The molecule has 1 unspecified atom stereocenters. The molecule has 0 bridgehead atoms. The highest BCUT2D eigenvalue weighted by atomic mass is 35.5. The normalized spacial score (nSPS) is 11.6. The van der Waals surface area contributed by atoms with Crippen LogP contribution in [0.25, 0.3) is 6.08 Å². The van der Waals surface area contributed by atoms with Crippen molar-refractivity contribution in [3.05, 3.63) is 165 Å². The van der Waals surface area contributed by atoms with E-state index < -0.39 is 23.0 Å². The lowest BCUT2D eigenvalue weighted by atomic mass is 10.1. The Bertz CT molecular complexity index is 2060. The van der Waals surface area contributed by atoms with E-state index in [0.717, 1.165) is 18.4 Å². The van der Waals surface area contributed by atoms with Gasteiger partial charge < -0.3 is 20.7 Å². The van der Waals surface area contributed by atoms with E-state index in [2.05, 4.69) is 16.0 Å². The molecule has 5 aromatic carbocycles. The topological polar surface area (TPSA) is 114 Å². The molecule has 264 valence electrons. The van der Waals surface area contributed by atoms with Crippen LogP contribution in [0.2, 0.25) is 10.0 Å². The summed E-state index contributed by atoms with van der Waals surface area (Å²) in [5, 5.41) is 8.58. The second-order valence-electron chi connectivity index (χ2n) is 11.5. The van der Waals surface area contributed by atoms with Crippen molar-refractivity contribution in [2.45, 2.75) is 29.9 Å². The molecule has 0 saturated carbocycles. The monoisotopic (exact) mass is 751 g/mol. The first kappa shape index (κ1) is 37.9. The first-order valence-electron chi connectivity index (χ1n) is 16.4. The zero-order valence-electron chi connectivity index (χ0n) is 28.1. The van der Waals surface area contributed by atoms with E-state index in [-0.39, 0.29) is 11.6 Å². The largest absolute Gasteiger partial charge is 0.462 e. The number of unbranched alkanes of at least 4 members (excludes halogenated alkanes) is 1. The van der Waals surface area contributed by atoms with Crippen LogP contribution in [0, 0.1) is 0 Å². The van der Waals surface area contributed by atoms with Gasteiger partial charge in [-0.2, -0.15) is 0 Å². The van der Waals surface area contributed by atoms with Crippen molar-refractivity contribution >= 4 is 76.1 Å². The Morgan fingerprint density at radius 1 is 0.750 bits per heavy atom. The summed E-state index contributed by atoms with van der Waals surface area (Å²) >= 11 is 13.8. The average Bonchev–Trinajstić information content (AvgIpc) is 3.15. The maximum atomic E-state index is 13.7. The van der Waals surface area contributed by atoms with Crippen LogP contribution in [-0.2, 0) is 14.3 Å². The summed E-state index contributed by atoms with van der Waals surface area (Å²) in [6.07, 6.45) is 3.19. The molecule has 11 heteroatoms. The standard InChI is InChI=1S/C41H35Cl2N3O5S/c1-2-3-23-51-41(50)29-18-21-32(22-19-29)44-40(49)37(27-11-6-4-7-12-27)52-34-16-10-15-33(26-34)45-39(48)36(24-30-17-20-31(42)25-35(30)43)46-38(47)28-13-8-5-9-14-28/h4-22,24-26,37H,2-3,23H2,1H3,(H,44,49)(H,45,48)(H,46,47)/b36-24+. The molecule has 0 spiro atoms. The predicted octanol–water partition coefficient (Wildman–Crippen LogP) is 9.83. The molecular weight excluding hydrogens is 717 g/mol. The summed E-state index contributed by atoms with van der Waals surface area (Å²) in [4.78, 5) is 53.6. The minimum Gasteiger partial charge on any atom is -0.462 e. The first-order chi connectivity index (χ1) is 25.2. The number of carbonyl (C=O) groups is 4. The zero-order valence-corrected chi connectivity index (χ0v) is 30.4. The summed E-state index contributed by atoms with van der Waals surface area (Å²) in [5.41, 5.74) is 2.93. The Labute approximate surface area is 316 Å². The van der Waals surface area contributed by atoms with E-state index in [9.17, 15) is 19.2 Å². The molecule has 3 N–H and O–H groups in total. The van der Waals surface area contributed by atoms with Gasteiger partial charge in [-0.05, 0) is 90.4 Å². The van der Waals surface area contributed by atoms with Crippen molar-refractivity contribution in [3.8, 4) is 0 Å². The van der Waals surface area contributed by atoms with Crippen LogP contribution in [-0.4, -0.2) is 30.3 Å². The lowest BCUT2D eigenvalue weighted by Gasteiger charge is -2.18. The van der Waals surface area contributed by atoms with Gasteiger partial charge >= 0.3 is 5.97 Å². The fraction of sp³-hybridized carbons (Fsp3) is 0.122. The Balaban J connectivity index is 1.34. The summed E-state index contributed by atoms with van der Waals surface area (Å²) < 4.78 is 5.28. The van der Waals surface area contributed by atoms with Crippen molar-refractivity contribution in [2.75, 3.05) is 17.2 Å². The third-order valence-corrected chi connectivity index (χ3v) is 9.41. The second-order valence-corrected chi connectivity index (χ2v) is 13.5. The number of hydrogen-bond acceptors (Lipinski definition) is 6. The smallest absolute Gasteiger partial charge is 0.338 e. The molecule has 3 amide bonds. The van der Waals surface area contributed by atoms with Crippen LogP contribution in [0.5, 0.6) is 0 Å². The van der Waals surface area contributed by atoms with Crippen LogP contribution in [0.3, 0.4) is 0 Å². The molecule has 0 fully saturated rings. The fourth-order valence-corrected chi connectivity index (χ4v) is 6.44. The Hall–Kier alpha value is -5.35. The van der Waals surface area contributed by atoms with Crippen molar-refractivity contribution in [2.24, 2.45) is 0 Å². The molecule has 52 heavy (non-hydrogen) atoms. The van der Waals surface area contributed by atoms with Crippen LogP contribution in [0.1, 0.15) is 56.9 Å². The minimum absolute atomic E-state index is 0.0436. The molecular formula is C41H35Cl2N3O5S. The van der Waals surface area contributed by atoms with Gasteiger partial charge in [0.2, 0.25) is 5.91 Å². The van der Waals surface area contributed by atoms with Gasteiger partial charge in [-0.1, -0.05) is 97.2 Å². The number of amides is 3. The van der Waals surface area contributed by atoms with Gasteiger partial charge in [0.05, 0.1) is 12.2 Å². The molecule has 5 rings (SSSR count). The molecule has 0 aliphatic rings. The highest BCUT2D eigenvalue weighted by molar-refractivity contribution is 8.00. The second kappa shape index (κ2) is 18.8. The fourth-order valence-electron chi connectivity index (χ4n) is 4.89. The molecule has 0 aliphatic heterocycles. The van der Waals surface area contributed by atoms with Gasteiger partial charge in [0.1, 0.15) is 10.9 Å². The molecule has 1 atom stereocenters. The molecule has 0 saturated heterocycles. The van der Waals surface area contributed by atoms with E-state index in [1.54, 1.807) is 91.0 Å². The van der Waals surface area contributed by atoms with Gasteiger partial charge in [0, 0.05) is 31.9 Å². The number of hydrogen-bond donors (Lipinski definition) is 3. The van der Waals surface area contributed by atoms with Crippen molar-refractivity contribution in [3.63, 3.8) is 0 Å². The predicted molar refractivity (Wildman–Crippen MR) is 209 cm³/mol. The van der Waals surface area contributed by atoms with E-state index in [0.29, 0.717) is 49.6 Å².